The number of aliphatic hydroxyl groups is 1. The molecule has 0 spiro atoms. The average Bonchev–Trinajstić information content (AvgIpc) is 3.92. The number of nitrogens with one attached hydrogen (secondary N) is 2. The van der Waals surface area contributed by atoms with Crippen molar-refractivity contribution >= 4 is 23.2 Å². The number of carbonyl (C=O) groups is 2. The van der Waals surface area contributed by atoms with Crippen LogP contribution in [0, 0.1) is 0 Å². The van der Waals surface area contributed by atoms with E-state index in [1.807, 2.05) is 36.4 Å². The molecule has 0 radical (unpaired) electrons. The monoisotopic (exact) mass is 759 g/mol. The number of nitrogens with zero attached hydrogens (tertiary/aromatic N) is 2. The fraction of sp³-hybridized carbons (Fsp3) is 0.435. The Kier molecular flexibility index (Phi) is 13.8. The molecule has 5 N–H and O–H groups in total. The van der Waals surface area contributed by atoms with Gasteiger partial charge < -0.3 is 35.8 Å². The maximum atomic E-state index is 12.6. The minimum atomic E-state index is -0.497. The number of rotatable bonds is 16. The Morgan fingerprint density at radius 1 is 0.750 bits per heavy atom. The predicted octanol–water partition coefficient (Wildman–Crippen LogP) is 7.35. The number of anilines is 2. The highest BCUT2D eigenvalue weighted by atomic mass is 16.7. The van der Waals surface area contributed by atoms with Gasteiger partial charge in [-0.1, -0.05) is 78.9 Å². The van der Waals surface area contributed by atoms with Crippen LogP contribution in [0.3, 0.4) is 0 Å². The average molecular weight is 760 g/mol. The van der Waals surface area contributed by atoms with Crippen molar-refractivity contribution in [3.63, 3.8) is 0 Å². The summed E-state index contributed by atoms with van der Waals surface area (Å²) in [6, 6.07) is 32.5. The summed E-state index contributed by atoms with van der Waals surface area (Å²) in [5.74, 6) is -0.142. The van der Waals surface area contributed by atoms with Crippen LogP contribution in [0.1, 0.15) is 92.4 Å². The first-order chi connectivity index (χ1) is 27.4. The molecule has 2 amide bonds. The number of hydrogen-bond donors (Lipinski definition) is 4. The number of ether oxygens (including phenoxy) is 2. The molecule has 0 aromatic heterocycles. The van der Waals surface area contributed by atoms with Gasteiger partial charge >= 0.3 is 0 Å². The molecule has 3 saturated heterocycles. The smallest absolute Gasteiger partial charge is 0.224 e. The van der Waals surface area contributed by atoms with Crippen LogP contribution in [-0.2, 0) is 32.2 Å². The zero-order valence-electron chi connectivity index (χ0n) is 32.4. The van der Waals surface area contributed by atoms with Crippen molar-refractivity contribution in [2.45, 2.75) is 95.5 Å². The number of para-hydroxylation sites is 2. The Bertz CT molecular complexity index is 1880. The zero-order chi connectivity index (χ0) is 38.7. The summed E-state index contributed by atoms with van der Waals surface area (Å²) in [7, 11) is 0. The molecular weight excluding hydrogens is 703 g/mol. The number of aliphatic hydroxyl groups excluding tert-OH is 1. The van der Waals surface area contributed by atoms with Crippen LogP contribution in [0.25, 0.3) is 11.1 Å². The molecule has 3 aliphatic rings. The summed E-state index contributed by atoms with van der Waals surface area (Å²) in [4.78, 5) is 30.2. The third-order valence-electron chi connectivity index (χ3n) is 11.4. The Labute approximate surface area is 331 Å². The second-order valence-electron chi connectivity index (χ2n) is 15.6. The van der Waals surface area contributed by atoms with Crippen LogP contribution >= 0.6 is 0 Å². The lowest BCUT2D eigenvalue weighted by Gasteiger charge is -2.39. The van der Waals surface area contributed by atoms with E-state index in [1.54, 1.807) is 12.1 Å². The van der Waals surface area contributed by atoms with Gasteiger partial charge in [0.1, 0.15) is 0 Å². The van der Waals surface area contributed by atoms with E-state index in [9.17, 15) is 14.7 Å². The van der Waals surface area contributed by atoms with Gasteiger partial charge in [-0.3, -0.25) is 14.5 Å². The van der Waals surface area contributed by atoms with Gasteiger partial charge in [0.2, 0.25) is 11.8 Å². The normalized spacial score (nSPS) is 21.6. The number of hydrogen-bond acceptors (Lipinski definition) is 8. The van der Waals surface area contributed by atoms with Crippen molar-refractivity contribution in [1.29, 1.82) is 0 Å². The molecule has 3 aliphatic heterocycles. The van der Waals surface area contributed by atoms with Gasteiger partial charge in [-0.05, 0) is 104 Å². The molecule has 0 aliphatic carbocycles. The molecule has 7 rings (SSSR count). The molecule has 10 heteroatoms. The highest BCUT2D eigenvalue weighted by molar-refractivity contribution is 5.93. The highest BCUT2D eigenvalue weighted by Crippen LogP contribution is 2.39. The number of nitrogens with two attached hydrogens (primary N) is 1. The molecule has 3 fully saturated rings. The highest BCUT2D eigenvalue weighted by Gasteiger charge is 2.36. The first-order valence-electron chi connectivity index (χ1n) is 20.5. The van der Waals surface area contributed by atoms with Crippen LogP contribution in [0.15, 0.2) is 97.1 Å². The number of carbonyl (C=O) groups excluding carboxylic acids is 2. The van der Waals surface area contributed by atoms with Crippen LogP contribution in [-0.4, -0.2) is 71.6 Å². The van der Waals surface area contributed by atoms with Gasteiger partial charge in [-0.25, -0.2) is 0 Å². The second kappa shape index (κ2) is 19.5. The minimum absolute atomic E-state index is 0.0208. The van der Waals surface area contributed by atoms with Crippen molar-refractivity contribution in [3.8, 4) is 11.1 Å². The minimum Gasteiger partial charge on any atom is -0.397 e. The van der Waals surface area contributed by atoms with Crippen LogP contribution < -0.4 is 16.4 Å². The van der Waals surface area contributed by atoms with E-state index in [0.717, 1.165) is 59.4 Å². The number of nitrogen functional groups attached to an aromatic ring is 1. The van der Waals surface area contributed by atoms with Gasteiger partial charge in [-0.2, -0.15) is 0 Å². The first kappa shape index (κ1) is 39.6. The van der Waals surface area contributed by atoms with Gasteiger partial charge in [-0.15, -0.1) is 0 Å². The summed E-state index contributed by atoms with van der Waals surface area (Å²) in [6.07, 6.45) is 7.25. The lowest BCUT2D eigenvalue weighted by molar-refractivity contribution is -0.253. The number of likely N-dealkylation sites (tertiary alicyclic amines) is 2. The molecule has 4 aromatic rings. The maximum absolute atomic E-state index is 12.6. The molecule has 0 saturated carbocycles. The molecule has 56 heavy (non-hydrogen) atoms. The number of unbranched alkanes of at least 4 members (excludes halogenated alkanes) is 1. The molecule has 296 valence electrons. The summed E-state index contributed by atoms with van der Waals surface area (Å²) in [5, 5.41) is 15.5. The van der Waals surface area contributed by atoms with E-state index in [1.165, 1.54) is 38.8 Å². The van der Waals surface area contributed by atoms with E-state index < -0.39 is 6.29 Å². The van der Waals surface area contributed by atoms with Gasteiger partial charge in [0.25, 0.3) is 0 Å². The van der Waals surface area contributed by atoms with Crippen LogP contribution in [0.4, 0.5) is 11.4 Å². The van der Waals surface area contributed by atoms with Crippen molar-refractivity contribution in [1.82, 2.24) is 15.1 Å². The second-order valence-corrected chi connectivity index (χ2v) is 15.6. The topological polar surface area (TPSA) is 129 Å². The lowest BCUT2D eigenvalue weighted by atomic mass is 9.98. The fourth-order valence-corrected chi connectivity index (χ4v) is 8.28. The summed E-state index contributed by atoms with van der Waals surface area (Å²) in [5.41, 5.74) is 13.2. The predicted molar refractivity (Wildman–Crippen MR) is 220 cm³/mol. The third-order valence-corrected chi connectivity index (χ3v) is 11.4. The Hall–Kier alpha value is -4.58. The largest absolute Gasteiger partial charge is 0.397 e. The van der Waals surface area contributed by atoms with Gasteiger partial charge in [0.15, 0.2) is 6.29 Å². The van der Waals surface area contributed by atoms with Crippen molar-refractivity contribution < 1.29 is 24.2 Å². The van der Waals surface area contributed by atoms with Gasteiger partial charge in [0, 0.05) is 50.5 Å². The molecule has 10 nitrogen and oxygen atoms in total. The van der Waals surface area contributed by atoms with E-state index in [2.05, 4.69) is 69.0 Å². The Morgan fingerprint density at radius 3 is 2.27 bits per heavy atom. The third kappa shape index (κ3) is 10.8. The lowest BCUT2D eigenvalue weighted by Crippen LogP contribution is -2.45. The van der Waals surface area contributed by atoms with Gasteiger partial charge in [0.05, 0.1) is 30.2 Å². The molecule has 0 bridgehead atoms. The van der Waals surface area contributed by atoms with Crippen molar-refractivity contribution in [3.05, 3.63) is 119 Å². The quantitative estimate of drug-likeness (QED) is 0.0690. The van der Waals surface area contributed by atoms with Crippen molar-refractivity contribution in [2.24, 2.45) is 0 Å². The molecule has 4 aromatic carbocycles. The van der Waals surface area contributed by atoms with Crippen LogP contribution in [0.5, 0.6) is 0 Å². The van der Waals surface area contributed by atoms with E-state index in [-0.39, 0.29) is 30.6 Å². The SMILES string of the molecule is Nc1ccccc1NC(=O)CCCCC(=O)NCc1cccc(-c2ccc([C@@H]3O[C@H](CN4CCC[C@H]4CN4CCCC4)C[C@H](c4ccc(CO)cc4)O3)cc2)c1. The summed E-state index contributed by atoms with van der Waals surface area (Å²) < 4.78 is 13.4. The maximum Gasteiger partial charge on any atom is 0.224 e. The van der Waals surface area contributed by atoms with E-state index in [0.29, 0.717) is 49.6 Å². The number of amides is 2. The molecule has 0 unspecified atom stereocenters. The van der Waals surface area contributed by atoms with E-state index in [4.69, 9.17) is 15.2 Å². The number of benzene rings is 4. The zero-order valence-corrected chi connectivity index (χ0v) is 32.4. The summed E-state index contributed by atoms with van der Waals surface area (Å²) in [6.45, 7) is 6.06. The fourth-order valence-electron chi connectivity index (χ4n) is 8.28. The first-order valence-corrected chi connectivity index (χ1v) is 20.5. The Morgan fingerprint density at radius 2 is 1.50 bits per heavy atom. The Balaban J connectivity index is 0.933. The van der Waals surface area contributed by atoms with Crippen LogP contribution in [0.2, 0.25) is 0 Å². The van der Waals surface area contributed by atoms with Crippen molar-refractivity contribution in [2.75, 3.05) is 43.8 Å². The van der Waals surface area contributed by atoms with E-state index >= 15 is 0 Å². The molecular formula is C46H57N5O5. The standard InChI is InChI=1S/C46H57N5O5/c47-41-12-1-2-13-42(41)49-45(54)15-4-3-14-44(53)48-29-34-9-7-10-38(27-34)35-20-22-37(23-21-35)46-55-40(28-43(56-46)36-18-16-33(32-52)17-19-36)31-51-26-8-11-39(51)30-50-24-5-6-25-50/h1-2,7,9-10,12-13,16-23,27,39-40,43,46,52H,3-6,8,11,14-15,24-26,28-32,47H2,(H,48,53)(H,49,54)/t39-,40-,43+,46+/m0/s1. The summed E-state index contributed by atoms with van der Waals surface area (Å²) >= 11 is 0. The molecule has 4 atom stereocenters. The molecule has 3 heterocycles.